The van der Waals surface area contributed by atoms with E-state index in [1.54, 1.807) is 41.3 Å². The lowest BCUT2D eigenvalue weighted by Crippen LogP contribution is -2.60. The van der Waals surface area contributed by atoms with Crippen molar-refractivity contribution in [3.63, 3.8) is 0 Å². The molecule has 0 aliphatic carbocycles. The van der Waals surface area contributed by atoms with Crippen molar-refractivity contribution in [3.8, 4) is 5.69 Å². The van der Waals surface area contributed by atoms with Crippen LogP contribution in [0.5, 0.6) is 0 Å². The minimum Gasteiger partial charge on any atom is -0.477 e. The Balaban J connectivity index is 1.03. The number of nitrogens with one attached hydrogen (secondary N) is 2. The maximum Gasteiger partial charge on any atom is 0.352 e. The van der Waals surface area contributed by atoms with E-state index in [0.717, 1.165) is 38.4 Å². The SMILES string of the molecule is O=C(O)c1cc2cc(NC(=O)C(Cc3ccc(N4CCN(CC5CCOC5)CC4=O)cc3)N3CCN(c4cc(Cl)ccc4-n4cnnn4)C(=O)C3=O)ccc2[nH]1. The number of benzene rings is 3. The van der Waals surface area contributed by atoms with Gasteiger partial charge in [0.25, 0.3) is 0 Å². The number of aromatic carboxylic acids is 1. The molecule has 0 bridgehead atoms. The molecule has 3 aliphatic rings. The number of nitrogens with zero attached hydrogens (tertiary/aromatic N) is 8. The Morgan fingerprint density at radius 1 is 0.946 bits per heavy atom. The van der Waals surface area contributed by atoms with Crippen LogP contribution in [0.4, 0.5) is 17.1 Å². The summed E-state index contributed by atoms with van der Waals surface area (Å²) >= 11 is 6.32. The van der Waals surface area contributed by atoms with Crippen LogP contribution in [0.3, 0.4) is 0 Å². The number of fused-ring (bicyclic) bond motifs is 1. The summed E-state index contributed by atoms with van der Waals surface area (Å²) in [5.41, 5.74) is 3.12. The summed E-state index contributed by atoms with van der Waals surface area (Å²) in [6.07, 6.45) is 2.42. The van der Waals surface area contributed by atoms with E-state index in [0.29, 0.717) is 57.6 Å². The second-order valence-electron chi connectivity index (χ2n) is 14.0. The Morgan fingerprint density at radius 3 is 2.50 bits per heavy atom. The van der Waals surface area contributed by atoms with Crippen LogP contribution in [-0.2, 0) is 30.3 Å². The molecule has 3 saturated heterocycles. The highest BCUT2D eigenvalue weighted by Gasteiger charge is 2.41. The fraction of sp³-hybridized carbons (Fsp3) is 0.316. The van der Waals surface area contributed by atoms with Crippen LogP contribution in [-0.4, -0.2) is 128 Å². The number of halogens is 1. The van der Waals surface area contributed by atoms with E-state index in [-0.39, 0.29) is 31.1 Å². The highest BCUT2D eigenvalue weighted by Crippen LogP contribution is 2.31. The first-order valence-corrected chi connectivity index (χ1v) is 18.5. The molecule has 3 N–H and O–H groups in total. The van der Waals surface area contributed by atoms with Crippen LogP contribution in [0.25, 0.3) is 16.6 Å². The Kier molecular flexibility index (Phi) is 10.2. The Labute approximate surface area is 324 Å². The van der Waals surface area contributed by atoms with Crippen molar-refractivity contribution in [1.29, 1.82) is 0 Å². The van der Waals surface area contributed by atoms with Gasteiger partial charge in [0.15, 0.2) is 0 Å². The average Bonchev–Trinajstić information content (AvgIpc) is 3.99. The van der Waals surface area contributed by atoms with E-state index in [4.69, 9.17) is 16.3 Å². The van der Waals surface area contributed by atoms with Gasteiger partial charge in [0, 0.05) is 73.1 Å². The molecule has 5 heterocycles. The van der Waals surface area contributed by atoms with E-state index in [2.05, 4.69) is 30.7 Å². The van der Waals surface area contributed by atoms with Crippen molar-refractivity contribution in [2.24, 2.45) is 5.92 Å². The van der Waals surface area contributed by atoms with Gasteiger partial charge in [-0.05, 0) is 82.9 Å². The molecule has 5 aromatic rings. The third kappa shape index (κ3) is 7.56. The summed E-state index contributed by atoms with van der Waals surface area (Å²) in [5.74, 6) is -2.99. The molecule has 56 heavy (non-hydrogen) atoms. The fourth-order valence-electron chi connectivity index (χ4n) is 7.53. The maximum atomic E-state index is 14.2. The molecule has 3 fully saturated rings. The van der Waals surface area contributed by atoms with Gasteiger partial charge in [0.2, 0.25) is 11.8 Å². The number of rotatable bonds is 11. The number of ether oxygens (including phenoxy) is 1. The molecular weight excluding hydrogens is 744 g/mol. The number of tetrazole rings is 1. The normalized spacial score (nSPS) is 18.6. The van der Waals surface area contributed by atoms with Crippen molar-refractivity contribution in [1.82, 2.24) is 35.0 Å². The summed E-state index contributed by atoms with van der Waals surface area (Å²) in [7, 11) is 0. The second-order valence-corrected chi connectivity index (χ2v) is 14.5. The third-order valence-corrected chi connectivity index (χ3v) is 10.6. The molecule has 8 rings (SSSR count). The van der Waals surface area contributed by atoms with Gasteiger partial charge in [-0.3, -0.25) is 24.1 Å². The summed E-state index contributed by atoms with van der Waals surface area (Å²) in [5, 5.41) is 24.5. The first-order chi connectivity index (χ1) is 27.1. The van der Waals surface area contributed by atoms with Crippen LogP contribution in [0.1, 0.15) is 22.5 Å². The quantitative estimate of drug-likeness (QED) is 0.167. The molecule has 0 radical (unpaired) electrons. The zero-order valence-corrected chi connectivity index (χ0v) is 30.8. The Hall–Kier alpha value is -6.17. The van der Waals surface area contributed by atoms with Crippen molar-refractivity contribution in [2.75, 3.05) is 67.6 Å². The number of amides is 4. The number of anilines is 3. The van der Waals surface area contributed by atoms with Gasteiger partial charge in [-0.2, -0.15) is 4.68 Å². The number of piperazine rings is 2. The number of carboxylic acid groups (broad SMARTS) is 1. The van der Waals surface area contributed by atoms with E-state index in [1.807, 2.05) is 24.3 Å². The van der Waals surface area contributed by atoms with Crippen molar-refractivity contribution >= 4 is 69.2 Å². The minimum atomic E-state index is -1.13. The summed E-state index contributed by atoms with van der Waals surface area (Å²) in [6, 6.07) is 17.3. The molecule has 288 valence electrons. The Bertz CT molecular complexity index is 2310. The lowest BCUT2D eigenvalue weighted by atomic mass is 10.0. The largest absolute Gasteiger partial charge is 0.477 e. The zero-order valence-electron chi connectivity index (χ0n) is 30.0. The van der Waals surface area contributed by atoms with Crippen LogP contribution in [0, 0.1) is 5.92 Å². The number of hydrogen-bond donors (Lipinski definition) is 3. The van der Waals surface area contributed by atoms with Gasteiger partial charge >= 0.3 is 17.8 Å². The van der Waals surface area contributed by atoms with Crippen LogP contribution >= 0.6 is 11.6 Å². The van der Waals surface area contributed by atoms with Gasteiger partial charge < -0.3 is 34.8 Å². The van der Waals surface area contributed by atoms with Gasteiger partial charge in [0.05, 0.1) is 24.5 Å². The number of aromatic amines is 1. The summed E-state index contributed by atoms with van der Waals surface area (Å²) in [4.78, 5) is 76.1. The van der Waals surface area contributed by atoms with Crippen molar-refractivity contribution in [2.45, 2.75) is 18.9 Å². The van der Waals surface area contributed by atoms with Gasteiger partial charge in [0.1, 0.15) is 18.1 Å². The van der Waals surface area contributed by atoms with E-state index >= 15 is 0 Å². The smallest absolute Gasteiger partial charge is 0.352 e. The molecule has 3 aliphatic heterocycles. The third-order valence-electron chi connectivity index (χ3n) is 10.4. The second kappa shape index (κ2) is 15.5. The van der Waals surface area contributed by atoms with Crippen molar-refractivity contribution < 1.29 is 33.8 Å². The molecule has 0 saturated carbocycles. The molecule has 2 aromatic heterocycles. The molecule has 17 nitrogen and oxygen atoms in total. The number of H-pyrrole nitrogens is 1. The highest BCUT2D eigenvalue weighted by molar-refractivity contribution is 6.41. The molecule has 0 spiro atoms. The number of hydrogen-bond acceptors (Lipinski definition) is 10. The van der Waals surface area contributed by atoms with E-state index in [9.17, 15) is 29.1 Å². The number of carboxylic acids is 1. The first-order valence-electron chi connectivity index (χ1n) is 18.1. The van der Waals surface area contributed by atoms with Gasteiger partial charge in [-0.1, -0.05) is 23.7 Å². The topological polar surface area (TPSA) is 199 Å². The highest BCUT2D eigenvalue weighted by atomic mass is 35.5. The predicted octanol–water partition coefficient (Wildman–Crippen LogP) is 2.61. The van der Waals surface area contributed by atoms with Gasteiger partial charge in [-0.25, -0.2) is 4.79 Å². The minimum absolute atomic E-state index is 0.0000370. The predicted molar refractivity (Wildman–Crippen MR) is 204 cm³/mol. The number of aromatic nitrogens is 5. The zero-order chi connectivity index (χ0) is 38.9. The fourth-order valence-corrected chi connectivity index (χ4v) is 7.69. The number of carbonyl (C=O) groups excluding carboxylic acids is 4. The monoisotopic (exact) mass is 780 g/mol. The maximum absolute atomic E-state index is 14.2. The Morgan fingerprint density at radius 2 is 1.77 bits per heavy atom. The lowest BCUT2D eigenvalue weighted by molar-refractivity contribution is -0.149. The average molecular weight is 781 g/mol. The van der Waals surface area contributed by atoms with E-state index < -0.39 is 29.7 Å². The first kappa shape index (κ1) is 36.8. The van der Waals surface area contributed by atoms with E-state index in [1.165, 1.54) is 26.9 Å². The standard InChI is InChI=1S/C38H37ClN10O7/c39-26-3-8-31(49-22-40-43-44-49)32(18-26)47-12-13-48(37(53)36(47)52)33(35(51)41-27-4-7-29-25(16-27)17-30(42-29)38(54)55)15-23-1-5-28(6-2-23)46-11-10-45(20-34(46)50)19-24-9-14-56-21-24/h1-8,16-18,22,24,33,42H,9-15,19-21H2,(H,41,51)(H,54,55). The van der Waals surface area contributed by atoms with Crippen LogP contribution < -0.4 is 15.1 Å². The summed E-state index contributed by atoms with van der Waals surface area (Å²) in [6.45, 7) is 3.97. The molecule has 3 aromatic carbocycles. The molecular formula is C38H37ClN10O7. The molecule has 4 amide bonds. The lowest BCUT2D eigenvalue weighted by Gasteiger charge is -2.38. The molecule has 2 atom stereocenters. The summed E-state index contributed by atoms with van der Waals surface area (Å²) < 4.78 is 6.86. The van der Waals surface area contributed by atoms with Crippen molar-refractivity contribution in [3.05, 3.63) is 89.3 Å². The van der Waals surface area contributed by atoms with Crippen LogP contribution in [0.15, 0.2) is 73.1 Å². The van der Waals surface area contributed by atoms with Gasteiger partial charge in [-0.15, -0.1) is 5.10 Å². The van der Waals surface area contributed by atoms with Crippen LogP contribution in [0.2, 0.25) is 5.02 Å². The number of carbonyl (C=O) groups is 5. The molecule has 18 heteroatoms. The molecule has 2 unspecified atom stereocenters.